The van der Waals surface area contributed by atoms with Gasteiger partial charge in [-0.05, 0) is 43.5 Å². The normalized spacial score (nSPS) is 12.3. The molecule has 0 aliphatic rings. The second kappa shape index (κ2) is 12.2. The smallest absolute Gasteiger partial charge is 0.138 e. The Morgan fingerprint density at radius 3 is 2.76 bits per heavy atom. The summed E-state index contributed by atoms with van der Waals surface area (Å²) in [6.07, 6.45) is 6.63. The van der Waals surface area contributed by atoms with Crippen LogP contribution < -0.4 is 10.1 Å². The number of unbranched alkanes of at least 4 members (excludes halogenated alkanes) is 3. The molecule has 3 nitrogen and oxygen atoms in total. The van der Waals surface area contributed by atoms with Crippen molar-refractivity contribution in [2.45, 2.75) is 31.8 Å². The van der Waals surface area contributed by atoms with E-state index in [0.29, 0.717) is 17.3 Å². The molecule has 5 heteroatoms. The third kappa shape index (κ3) is 9.25. The molecule has 1 rings (SSSR count). The van der Waals surface area contributed by atoms with Crippen LogP contribution in [0.2, 0.25) is 5.02 Å². The fraction of sp³-hybridized carbons (Fsp3) is 0.625. The number of hydrogen-bond acceptors (Lipinski definition) is 4. The molecule has 0 bridgehead atoms. The molecular formula is C16H26ClNO2S. The lowest BCUT2D eigenvalue weighted by molar-refractivity contribution is 0.106. The number of ether oxygens (including phenoxy) is 1. The summed E-state index contributed by atoms with van der Waals surface area (Å²) in [7, 11) is 0. The fourth-order valence-corrected chi connectivity index (χ4v) is 2.61. The first kappa shape index (κ1) is 18.6. The molecule has 0 amide bonds. The second-order valence-electron chi connectivity index (χ2n) is 5.01. The molecule has 0 saturated heterocycles. The second-order valence-corrected chi connectivity index (χ2v) is 6.40. The minimum absolute atomic E-state index is 0.254. The molecule has 0 fully saturated rings. The van der Waals surface area contributed by atoms with Gasteiger partial charge in [0, 0.05) is 6.54 Å². The molecule has 1 aromatic rings. The zero-order valence-corrected chi connectivity index (χ0v) is 14.3. The van der Waals surface area contributed by atoms with Crippen molar-refractivity contribution in [1.82, 2.24) is 5.32 Å². The van der Waals surface area contributed by atoms with Crippen LogP contribution in [0, 0.1) is 0 Å². The van der Waals surface area contributed by atoms with E-state index in [1.807, 2.05) is 23.9 Å². The quantitative estimate of drug-likeness (QED) is 0.574. The maximum atomic E-state index is 9.84. The minimum atomic E-state index is -0.516. The minimum Gasteiger partial charge on any atom is -0.489 e. The third-order valence-electron chi connectivity index (χ3n) is 3.10. The predicted octanol–water partition coefficient (Wildman–Crippen LogP) is 3.59. The summed E-state index contributed by atoms with van der Waals surface area (Å²) in [6.45, 7) is 1.75. The van der Waals surface area contributed by atoms with Gasteiger partial charge in [-0.2, -0.15) is 11.8 Å². The molecule has 0 radical (unpaired) electrons. The van der Waals surface area contributed by atoms with Crippen LogP contribution in [-0.4, -0.2) is 42.9 Å². The molecule has 21 heavy (non-hydrogen) atoms. The zero-order chi connectivity index (χ0) is 15.3. The lowest BCUT2D eigenvalue weighted by atomic mass is 10.2. The van der Waals surface area contributed by atoms with E-state index in [2.05, 4.69) is 11.6 Å². The van der Waals surface area contributed by atoms with E-state index in [9.17, 15) is 5.11 Å². The Balaban J connectivity index is 1.99. The van der Waals surface area contributed by atoms with E-state index < -0.39 is 6.10 Å². The number of para-hydroxylation sites is 1. The van der Waals surface area contributed by atoms with Crippen molar-refractivity contribution in [2.24, 2.45) is 0 Å². The highest BCUT2D eigenvalue weighted by Gasteiger charge is 2.06. The van der Waals surface area contributed by atoms with Gasteiger partial charge in [0.1, 0.15) is 18.5 Å². The van der Waals surface area contributed by atoms with Gasteiger partial charge in [0.2, 0.25) is 0 Å². The monoisotopic (exact) mass is 331 g/mol. The van der Waals surface area contributed by atoms with Gasteiger partial charge in [-0.15, -0.1) is 0 Å². The Labute approximate surface area is 137 Å². The van der Waals surface area contributed by atoms with Crippen LogP contribution >= 0.6 is 23.4 Å². The van der Waals surface area contributed by atoms with Crippen LogP contribution in [-0.2, 0) is 0 Å². The third-order valence-corrected chi connectivity index (χ3v) is 4.11. The number of halogens is 1. The van der Waals surface area contributed by atoms with Crippen molar-refractivity contribution in [3.05, 3.63) is 29.3 Å². The lowest BCUT2D eigenvalue weighted by Gasteiger charge is -2.14. The number of aliphatic hydroxyl groups excluding tert-OH is 1. The average molecular weight is 332 g/mol. The van der Waals surface area contributed by atoms with Crippen LogP contribution in [0.25, 0.3) is 0 Å². The number of benzene rings is 1. The molecular weight excluding hydrogens is 306 g/mol. The van der Waals surface area contributed by atoms with Crippen molar-refractivity contribution in [1.29, 1.82) is 0 Å². The lowest BCUT2D eigenvalue weighted by Crippen LogP contribution is -2.32. The Bertz CT molecular complexity index is 379. The number of thioether (sulfide) groups is 1. The van der Waals surface area contributed by atoms with E-state index in [1.54, 1.807) is 12.1 Å². The van der Waals surface area contributed by atoms with Crippen LogP contribution in [0.3, 0.4) is 0 Å². The average Bonchev–Trinajstić information content (AvgIpc) is 2.49. The highest BCUT2D eigenvalue weighted by molar-refractivity contribution is 7.98. The first-order valence-electron chi connectivity index (χ1n) is 7.49. The number of nitrogens with one attached hydrogen (secondary N) is 1. The summed E-state index contributed by atoms with van der Waals surface area (Å²) in [6, 6.07) is 7.30. The molecule has 0 aliphatic heterocycles. The van der Waals surface area contributed by atoms with E-state index >= 15 is 0 Å². The molecule has 0 heterocycles. The molecule has 0 spiro atoms. The number of hydrogen-bond donors (Lipinski definition) is 2. The Hall–Kier alpha value is -0.420. The largest absolute Gasteiger partial charge is 0.489 e. The number of aliphatic hydroxyl groups is 1. The fourth-order valence-electron chi connectivity index (χ4n) is 1.93. The maximum absolute atomic E-state index is 9.84. The summed E-state index contributed by atoms with van der Waals surface area (Å²) < 4.78 is 5.50. The summed E-state index contributed by atoms with van der Waals surface area (Å²) in [5.74, 6) is 1.87. The van der Waals surface area contributed by atoms with Crippen LogP contribution in [0.1, 0.15) is 25.7 Å². The van der Waals surface area contributed by atoms with Crippen molar-refractivity contribution < 1.29 is 9.84 Å². The maximum Gasteiger partial charge on any atom is 0.138 e. The van der Waals surface area contributed by atoms with Gasteiger partial charge >= 0.3 is 0 Å². The van der Waals surface area contributed by atoms with Crippen LogP contribution in [0.4, 0.5) is 0 Å². The van der Waals surface area contributed by atoms with Gasteiger partial charge in [0.05, 0.1) is 5.02 Å². The molecule has 0 saturated carbocycles. The van der Waals surface area contributed by atoms with Crippen LogP contribution in [0.15, 0.2) is 24.3 Å². The molecule has 1 aromatic carbocycles. The summed E-state index contributed by atoms with van der Waals surface area (Å²) in [5, 5.41) is 13.7. The topological polar surface area (TPSA) is 41.5 Å². The molecule has 0 aromatic heterocycles. The molecule has 1 atom stereocenters. The standard InChI is InChI=1S/C16H26ClNO2S/c1-21-11-7-3-2-6-10-18-12-14(19)13-20-16-9-5-4-8-15(16)17/h4-5,8-9,14,18-19H,2-3,6-7,10-13H2,1H3. The van der Waals surface area contributed by atoms with Crippen molar-refractivity contribution in [2.75, 3.05) is 31.7 Å². The van der Waals surface area contributed by atoms with Crippen molar-refractivity contribution >= 4 is 23.4 Å². The van der Waals surface area contributed by atoms with Crippen molar-refractivity contribution in [3.63, 3.8) is 0 Å². The SMILES string of the molecule is CSCCCCCCNCC(O)COc1ccccc1Cl. The van der Waals surface area contributed by atoms with E-state index in [0.717, 1.165) is 13.0 Å². The molecule has 2 N–H and O–H groups in total. The highest BCUT2D eigenvalue weighted by atomic mass is 35.5. The van der Waals surface area contributed by atoms with Gasteiger partial charge in [0.25, 0.3) is 0 Å². The Kier molecular flexibility index (Phi) is 10.8. The van der Waals surface area contributed by atoms with E-state index in [-0.39, 0.29) is 6.61 Å². The summed E-state index contributed by atoms with van der Waals surface area (Å²) in [4.78, 5) is 0. The molecule has 1 unspecified atom stereocenters. The van der Waals surface area contributed by atoms with Gasteiger partial charge in [-0.1, -0.05) is 36.6 Å². The van der Waals surface area contributed by atoms with Gasteiger partial charge in [0.15, 0.2) is 0 Å². The zero-order valence-electron chi connectivity index (χ0n) is 12.7. The van der Waals surface area contributed by atoms with E-state index in [1.165, 1.54) is 25.0 Å². The first-order chi connectivity index (χ1) is 10.2. The van der Waals surface area contributed by atoms with E-state index in [4.69, 9.17) is 16.3 Å². The first-order valence-corrected chi connectivity index (χ1v) is 9.26. The predicted molar refractivity (Wildman–Crippen MR) is 92.7 cm³/mol. The van der Waals surface area contributed by atoms with Gasteiger partial charge < -0.3 is 15.2 Å². The molecule has 120 valence electrons. The summed E-state index contributed by atoms with van der Waals surface area (Å²) >= 11 is 7.89. The summed E-state index contributed by atoms with van der Waals surface area (Å²) in [5.41, 5.74) is 0. The highest BCUT2D eigenvalue weighted by Crippen LogP contribution is 2.22. The number of rotatable bonds is 12. The van der Waals surface area contributed by atoms with Gasteiger partial charge in [-0.3, -0.25) is 0 Å². The Morgan fingerprint density at radius 2 is 2.00 bits per heavy atom. The molecule has 0 aliphatic carbocycles. The van der Waals surface area contributed by atoms with Gasteiger partial charge in [-0.25, -0.2) is 0 Å². The van der Waals surface area contributed by atoms with Crippen LogP contribution in [0.5, 0.6) is 5.75 Å². The van der Waals surface area contributed by atoms with Crippen molar-refractivity contribution in [3.8, 4) is 5.75 Å². The Morgan fingerprint density at radius 1 is 1.24 bits per heavy atom.